The van der Waals surface area contributed by atoms with E-state index in [9.17, 15) is 31.1 Å². The average molecular weight is 296 g/mol. The van der Waals surface area contributed by atoms with E-state index >= 15 is 0 Å². The van der Waals surface area contributed by atoms with Gasteiger partial charge in [-0.3, -0.25) is 9.53 Å². The average Bonchev–Trinajstić information content (AvgIpc) is 2.26. The molecule has 0 aliphatic rings. The molecule has 0 fully saturated rings. The largest absolute Gasteiger partial charge is 0.459 e. The lowest BCUT2D eigenvalue weighted by molar-refractivity contribution is -0.398. The molecule has 9 heteroatoms. The van der Waals surface area contributed by atoms with Crippen LogP contribution in [0.1, 0.15) is 26.7 Å². The van der Waals surface area contributed by atoms with E-state index in [4.69, 9.17) is 0 Å². The Morgan fingerprint density at radius 3 is 1.95 bits per heavy atom. The van der Waals surface area contributed by atoms with E-state index in [1.165, 1.54) is 0 Å². The van der Waals surface area contributed by atoms with Crippen molar-refractivity contribution in [2.24, 2.45) is 5.92 Å². The minimum Gasteiger partial charge on any atom is -0.459 e. The van der Waals surface area contributed by atoms with Crippen molar-refractivity contribution in [3.8, 4) is 0 Å². The van der Waals surface area contributed by atoms with Crippen molar-refractivity contribution in [2.45, 2.75) is 45.3 Å². The Morgan fingerprint density at radius 1 is 1.11 bits per heavy atom. The van der Waals surface area contributed by atoms with Crippen molar-refractivity contribution in [3.63, 3.8) is 0 Å². The molecule has 0 aliphatic heterocycles. The van der Waals surface area contributed by atoms with Crippen LogP contribution in [0.2, 0.25) is 0 Å². The Hall–Kier alpha value is -0.990. The summed E-state index contributed by atoms with van der Waals surface area (Å²) < 4.78 is 80.7. The third-order valence-corrected chi connectivity index (χ3v) is 2.38. The number of carbonyl (C=O) groups is 1. The maximum absolute atomic E-state index is 12.9. The summed E-state index contributed by atoms with van der Waals surface area (Å²) in [5.74, 6) is -6.83. The summed E-state index contributed by atoms with van der Waals surface area (Å²) in [5.41, 5.74) is 0. The van der Waals surface area contributed by atoms with Gasteiger partial charge >= 0.3 is 24.6 Å². The lowest BCUT2D eigenvalue weighted by Gasteiger charge is -2.25. The van der Waals surface area contributed by atoms with Gasteiger partial charge in [0.05, 0.1) is 5.92 Å². The molecule has 114 valence electrons. The van der Waals surface area contributed by atoms with Gasteiger partial charge < -0.3 is 4.74 Å². The molecule has 0 aromatic heterocycles. The van der Waals surface area contributed by atoms with Gasteiger partial charge in [-0.25, -0.2) is 0 Å². The normalized spacial score (nSPS) is 13.2. The zero-order chi connectivity index (χ0) is 15.3. The molecule has 0 aromatic carbocycles. The minimum atomic E-state index is -5.42. The summed E-state index contributed by atoms with van der Waals surface area (Å²) in [4.78, 5) is 11.2. The second-order valence-corrected chi connectivity index (χ2v) is 3.72. The van der Waals surface area contributed by atoms with Gasteiger partial charge in [0, 0.05) is 0 Å². The highest BCUT2D eigenvalue weighted by molar-refractivity contribution is 5.72. The number of ether oxygens (including phenoxy) is 2. The van der Waals surface area contributed by atoms with Crippen LogP contribution in [0.15, 0.2) is 0 Å². The van der Waals surface area contributed by atoms with E-state index in [1.807, 2.05) is 0 Å². The van der Waals surface area contributed by atoms with E-state index in [0.29, 0.717) is 0 Å². The van der Waals surface area contributed by atoms with E-state index in [-0.39, 0.29) is 12.8 Å². The Bertz CT molecular complexity index is 291. The molecule has 3 nitrogen and oxygen atoms in total. The first-order valence-corrected chi connectivity index (χ1v) is 5.45. The second-order valence-electron chi connectivity index (χ2n) is 3.72. The molecule has 0 N–H and O–H groups in total. The van der Waals surface area contributed by atoms with E-state index in [0.717, 1.165) is 0 Å². The number of carbonyl (C=O) groups excluding carboxylic acids is 1. The highest BCUT2D eigenvalue weighted by Gasteiger charge is 2.60. The zero-order valence-electron chi connectivity index (χ0n) is 10.3. The van der Waals surface area contributed by atoms with E-state index in [1.54, 1.807) is 13.8 Å². The lowest BCUT2D eigenvalue weighted by Crippen LogP contribution is -2.47. The van der Waals surface area contributed by atoms with Crippen LogP contribution < -0.4 is 0 Å². The first-order chi connectivity index (χ1) is 8.57. The molecule has 0 saturated carbocycles. The van der Waals surface area contributed by atoms with E-state index in [2.05, 4.69) is 9.47 Å². The van der Waals surface area contributed by atoms with Gasteiger partial charge in [0.15, 0.2) is 6.61 Å². The highest BCUT2D eigenvalue weighted by atomic mass is 19.3. The summed E-state index contributed by atoms with van der Waals surface area (Å²) >= 11 is 0. The first-order valence-electron chi connectivity index (χ1n) is 5.45. The summed E-state index contributed by atoms with van der Waals surface area (Å²) in [5, 5.41) is 0. The molecular formula is C10H14F6O3. The lowest BCUT2D eigenvalue weighted by atomic mass is 10.0. The summed E-state index contributed by atoms with van der Waals surface area (Å²) in [6, 6.07) is 0. The number of esters is 1. The van der Waals surface area contributed by atoms with Gasteiger partial charge in [0.1, 0.15) is 0 Å². The van der Waals surface area contributed by atoms with Crippen molar-refractivity contribution in [1.29, 1.82) is 0 Å². The van der Waals surface area contributed by atoms with Gasteiger partial charge in [-0.15, -0.1) is 0 Å². The number of hydrogen-bond donors (Lipinski definition) is 0. The topological polar surface area (TPSA) is 35.5 Å². The van der Waals surface area contributed by atoms with Crippen LogP contribution in [0.3, 0.4) is 0 Å². The van der Waals surface area contributed by atoms with Gasteiger partial charge in [-0.1, -0.05) is 13.8 Å². The molecule has 0 rings (SSSR count). The molecule has 0 heterocycles. The number of hydrogen-bond acceptors (Lipinski definition) is 3. The zero-order valence-corrected chi connectivity index (χ0v) is 10.3. The Morgan fingerprint density at radius 2 is 1.58 bits per heavy atom. The van der Waals surface area contributed by atoms with Crippen LogP contribution in [-0.4, -0.2) is 31.2 Å². The number of halogens is 6. The van der Waals surface area contributed by atoms with Crippen molar-refractivity contribution in [1.82, 2.24) is 0 Å². The number of alkyl halides is 6. The molecule has 0 radical (unpaired) electrons. The van der Waals surface area contributed by atoms with Crippen LogP contribution in [-0.2, 0) is 14.3 Å². The maximum atomic E-state index is 12.9. The fraction of sp³-hybridized carbons (Fsp3) is 0.900. The molecule has 0 spiro atoms. The van der Waals surface area contributed by atoms with Gasteiger partial charge in [0.2, 0.25) is 0 Å². The van der Waals surface area contributed by atoms with Crippen molar-refractivity contribution in [2.75, 3.05) is 6.61 Å². The Kier molecular flexibility index (Phi) is 6.61. The van der Waals surface area contributed by atoms with Crippen LogP contribution in [0.4, 0.5) is 26.3 Å². The third kappa shape index (κ3) is 5.25. The Labute approximate surface area is 105 Å². The van der Waals surface area contributed by atoms with Gasteiger partial charge in [-0.2, -0.15) is 26.3 Å². The summed E-state index contributed by atoms with van der Waals surface area (Å²) in [6.45, 7) is -2.93. The van der Waals surface area contributed by atoms with Crippen molar-refractivity contribution < 1.29 is 40.6 Å². The van der Waals surface area contributed by atoms with Crippen LogP contribution >= 0.6 is 0 Å². The molecule has 0 amide bonds. The fourth-order valence-corrected chi connectivity index (χ4v) is 1.18. The molecule has 0 atom stereocenters. The monoisotopic (exact) mass is 296 g/mol. The molecule has 0 saturated heterocycles. The predicted molar refractivity (Wildman–Crippen MR) is 52.0 cm³/mol. The molecule has 0 unspecified atom stereocenters. The molecule has 0 bridgehead atoms. The minimum absolute atomic E-state index is 0.283. The molecule has 19 heavy (non-hydrogen) atoms. The molecule has 0 aromatic rings. The Balaban J connectivity index is 4.56. The van der Waals surface area contributed by atoms with Crippen LogP contribution in [0.25, 0.3) is 0 Å². The third-order valence-electron chi connectivity index (χ3n) is 2.38. The predicted octanol–water partition coefficient (Wildman–Crippen LogP) is 3.43. The van der Waals surface area contributed by atoms with Crippen LogP contribution in [0, 0.1) is 5.92 Å². The smallest absolute Gasteiger partial charge is 0.427 e. The summed E-state index contributed by atoms with van der Waals surface area (Å²) in [6.07, 6.45) is -4.86. The molecular weight excluding hydrogens is 282 g/mol. The SMILES string of the molecule is CCC(CC)C(=O)OCC(F)(F)C(F)(F)OC(F)F. The van der Waals surface area contributed by atoms with E-state index < -0.39 is 37.1 Å². The van der Waals surface area contributed by atoms with Crippen molar-refractivity contribution >= 4 is 5.97 Å². The standard InChI is InChI=1S/C10H14F6O3/c1-3-6(4-2)7(17)18-5-9(13,14)10(15,16)19-8(11)12/h6,8H,3-5H2,1-2H3. The quantitative estimate of drug-likeness (QED) is 0.508. The highest BCUT2D eigenvalue weighted by Crippen LogP contribution is 2.37. The summed E-state index contributed by atoms with van der Waals surface area (Å²) in [7, 11) is 0. The van der Waals surface area contributed by atoms with Gasteiger partial charge in [-0.05, 0) is 12.8 Å². The number of rotatable bonds is 8. The van der Waals surface area contributed by atoms with Crippen molar-refractivity contribution in [3.05, 3.63) is 0 Å². The first kappa shape index (κ1) is 18.0. The van der Waals surface area contributed by atoms with Crippen LogP contribution in [0.5, 0.6) is 0 Å². The maximum Gasteiger partial charge on any atom is 0.427 e. The fourth-order valence-electron chi connectivity index (χ4n) is 1.18. The molecule has 0 aliphatic carbocycles. The van der Waals surface area contributed by atoms with Gasteiger partial charge in [0.25, 0.3) is 0 Å². The second kappa shape index (κ2) is 6.97.